The zero-order valence-corrected chi connectivity index (χ0v) is 11.9. The van der Waals surface area contributed by atoms with Crippen molar-refractivity contribution in [2.24, 2.45) is 0 Å². The van der Waals surface area contributed by atoms with Crippen LogP contribution in [0.5, 0.6) is 0 Å². The second-order valence-corrected chi connectivity index (χ2v) is 4.34. The maximum atomic E-state index is 11.4. The summed E-state index contributed by atoms with van der Waals surface area (Å²) in [6.45, 7) is 3.57. The first-order chi connectivity index (χ1) is 10.5. The lowest BCUT2D eigenvalue weighted by Gasteiger charge is -2.21. The van der Waals surface area contributed by atoms with Crippen molar-refractivity contribution in [1.82, 2.24) is 20.7 Å². The van der Waals surface area contributed by atoms with Crippen molar-refractivity contribution >= 4 is 29.2 Å². The van der Waals surface area contributed by atoms with Gasteiger partial charge in [-0.2, -0.15) is 15.0 Å². The largest absolute Gasteiger partial charge is 0.357 e. The molecular weight excluding hydrogens is 310 g/mol. The van der Waals surface area contributed by atoms with Gasteiger partial charge in [-0.15, -0.1) is 0 Å². The maximum Gasteiger partial charge on any atom is 0.297 e. The Hall–Kier alpha value is -2.94. The van der Waals surface area contributed by atoms with Gasteiger partial charge in [-0.05, 0) is 34.8 Å². The molecule has 0 amide bonds. The van der Waals surface area contributed by atoms with Crippen molar-refractivity contribution in [3.05, 3.63) is 58.4 Å². The predicted molar refractivity (Wildman–Crippen MR) is 81.1 cm³/mol. The lowest BCUT2D eigenvalue weighted by atomic mass is 10.3. The number of anilines is 2. The number of aromatic nitrogens is 3. The van der Waals surface area contributed by atoms with Crippen LogP contribution < -0.4 is 16.1 Å². The molecule has 2 aromatic rings. The molecule has 0 saturated heterocycles. The zero-order chi connectivity index (χ0) is 16.1. The van der Waals surface area contributed by atoms with Gasteiger partial charge in [-0.3, -0.25) is 5.73 Å². The van der Waals surface area contributed by atoms with Crippen molar-refractivity contribution in [1.29, 1.82) is 0 Å². The van der Waals surface area contributed by atoms with Gasteiger partial charge in [-0.1, -0.05) is 24.8 Å². The van der Waals surface area contributed by atoms with Crippen LogP contribution in [-0.4, -0.2) is 26.2 Å². The Morgan fingerprint density at radius 1 is 1.36 bits per heavy atom. The van der Waals surface area contributed by atoms with Gasteiger partial charge in [0.2, 0.25) is 11.2 Å². The third-order valence-corrected chi connectivity index (χ3v) is 2.72. The normalized spacial score (nSPS) is 11.5. The highest BCUT2D eigenvalue weighted by atomic mass is 35.5. The molecule has 1 aromatic carbocycles. The van der Waals surface area contributed by atoms with Gasteiger partial charge in [0.15, 0.2) is 11.2 Å². The molecule has 0 spiro atoms. The first-order valence-electron chi connectivity index (χ1n) is 6.02. The number of hydrazine groups is 1. The Balaban J connectivity index is 2.36. The Bertz CT molecular complexity index is 662. The molecule has 0 saturated carbocycles. The molecule has 10 heteroatoms. The third kappa shape index (κ3) is 3.58. The minimum atomic E-state index is -0.949. The molecule has 1 atom stereocenters. The van der Waals surface area contributed by atoms with E-state index in [0.717, 1.165) is 0 Å². The maximum absolute atomic E-state index is 11.4. The Kier molecular flexibility index (Phi) is 4.69. The number of halogens is 1. The number of hydrogen-bond acceptors (Lipinski definition) is 6. The summed E-state index contributed by atoms with van der Waals surface area (Å²) in [7, 11) is 0. The molecule has 1 radical (unpaired) electrons. The van der Waals surface area contributed by atoms with Gasteiger partial charge in [-0.25, -0.2) is 10.1 Å². The smallest absolute Gasteiger partial charge is 0.297 e. The minimum absolute atomic E-state index is 0.302. The number of nitrogens with one attached hydrogen (secondary N) is 2. The van der Waals surface area contributed by atoms with E-state index in [1.165, 1.54) is 6.08 Å². The summed E-state index contributed by atoms with van der Waals surface area (Å²) >= 11 is 5.63. The summed E-state index contributed by atoms with van der Waals surface area (Å²) in [5.74, 6) is -0.826. The van der Waals surface area contributed by atoms with E-state index < -0.39 is 17.1 Å². The van der Waals surface area contributed by atoms with Gasteiger partial charge >= 0.3 is 0 Å². The molecule has 9 nitrogen and oxygen atoms in total. The first kappa shape index (κ1) is 15.4. The lowest BCUT2D eigenvalue weighted by molar-refractivity contribution is -0.498. The molecule has 2 rings (SSSR count). The van der Waals surface area contributed by atoms with Crippen LogP contribution in [0.3, 0.4) is 0 Å². The van der Waals surface area contributed by atoms with Crippen LogP contribution in [0.15, 0.2) is 43.0 Å². The van der Waals surface area contributed by atoms with E-state index in [4.69, 9.17) is 17.3 Å². The Labute approximate surface area is 130 Å². The molecule has 22 heavy (non-hydrogen) atoms. The van der Waals surface area contributed by atoms with Crippen molar-refractivity contribution in [2.75, 3.05) is 10.3 Å². The van der Waals surface area contributed by atoms with E-state index in [-0.39, 0.29) is 11.2 Å². The highest BCUT2D eigenvalue weighted by molar-refractivity contribution is 6.28. The molecule has 1 aromatic heterocycles. The van der Waals surface area contributed by atoms with Crippen molar-refractivity contribution in [2.45, 2.75) is 6.17 Å². The molecule has 1 heterocycles. The van der Waals surface area contributed by atoms with Crippen LogP contribution >= 0.6 is 11.6 Å². The summed E-state index contributed by atoms with van der Waals surface area (Å²) in [4.78, 5) is 22.1. The van der Waals surface area contributed by atoms with Crippen LogP contribution in [0.25, 0.3) is 0 Å². The van der Waals surface area contributed by atoms with Crippen LogP contribution in [-0.2, 0) is 0 Å². The van der Waals surface area contributed by atoms with E-state index in [1.54, 1.807) is 24.3 Å². The van der Waals surface area contributed by atoms with Crippen molar-refractivity contribution in [3.8, 4) is 0 Å². The number of nitro groups is 1. The molecule has 0 bridgehead atoms. The number of para-hydroxylation sites is 1. The minimum Gasteiger partial charge on any atom is -0.357 e. The fourth-order valence-corrected chi connectivity index (χ4v) is 1.82. The molecule has 113 valence electrons. The molecule has 1 unspecified atom stereocenters. The quantitative estimate of drug-likeness (QED) is 0.374. The predicted octanol–water partition coefficient (Wildman–Crippen LogP) is 2.06. The summed E-state index contributed by atoms with van der Waals surface area (Å²) in [6, 6.07) is 8.86. The summed E-state index contributed by atoms with van der Waals surface area (Å²) < 4.78 is 0. The molecule has 2 N–H and O–H groups in total. The van der Waals surface area contributed by atoms with E-state index in [0.29, 0.717) is 10.7 Å². The van der Waals surface area contributed by atoms with Crippen molar-refractivity contribution in [3.63, 3.8) is 0 Å². The van der Waals surface area contributed by atoms with Crippen LogP contribution in [0, 0.1) is 10.1 Å². The fraction of sp³-hybridized carbons (Fsp3) is 0.0833. The van der Waals surface area contributed by atoms with Crippen LogP contribution in [0.1, 0.15) is 0 Å². The highest BCUT2D eigenvalue weighted by Crippen LogP contribution is 2.18. The van der Waals surface area contributed by atoms with Crippen LogP contribution in [0.4, 0.5) is 17.6 Å². The highest BCUT2D eigenvalue weighted by Gasteiger charge is 2.30. The number of benzene rings is 1. The zero-order valence-electron chi connectivity index (χ0n) is 11.2. The topological polar surface area (TPSA) is 121 Å². The van der Waals surface area contributed by atoms with Gasteiger partial charge in [0.25, 0.3) is 5.95 Å². The Morgan fingerprint density at radius 3 is 2.59 bits per heavy atom. The summed E-state index contributed by atoms with van der Waals surface area (Å²) in [5, 5.41) is 13.9. The second kappa shape index (κ2) is 6.68. The van der Waals surface area contributed by atoms with Gasteiger partial charge in [0, 0.05) is 5.69 Å². The molecule has 0 aliphatic carbocycles. The summed E-state index contributed by atoms with van der Waals surface area (Å²) in [5.41, 5.74) is 8.03. The molecule has 0 aliphatic rings. The second-order valence-electron chi connectivity index (χ2n) is 4.00. The van der Waals surface area contributed by atoms with E-state index >= 15 is 0 Å². The molecular formula is C12H11ClN7O2. The average Bonchev–Trinajstić information content (AvgIpc) is 2.46. The van der Waals surface area contributed by atoms with E-state index in [9.17, 15) is 10.1 Å². The number of rotatable bonds is 6. The van der Waals surface area contributed by atoms with Gasteiger partial charge < -0.3 is 5.32 Å². The van der Waals surface area contributed by atoms with Crippen LogP contribution in [0.2, 0.25) is 5.28 Å². The lowest BCUT2D eigenvalue weighted by Crippen LogP contribution is -2.44. The van der Waals surface area contributed by atoms with E-state index in [1.807, 2.05) is 6.07 Å². The SMILES string of the molecule is C=CC(Nc1ccccc1)N(c1nc([NH])nc(Cl)n1)[N+](=O)[O-]. The number of nitrogens with zero attached hydrogens (tertiary/aromatic N) is 5. The van der Waals surface area contributed by atoms with Crippen molar-refractivity contribution < 1.29 is 5.03 Å². The molecule has 0 fully saturated rings. The van der Waals surface area contributed by atoms with Gasteiger partial charge in [0.05, 0.1) is 0 Å². The third-order valence-electron chi connectivity index (χ3n) is 2.55. The van der Waals surface area contributed by atoms with Gasteiger partial charge in [0.1, 0.15) is 0 Å². The fourth-order valence-electron chi connectivity index (χ4n) is 1.67. The molecule has 0 aliphatic heterocycles. The number of hydrogen-bond donors (Lipinski definition) is 1. The monoisotopic (exact) mass is 320 g/mol. The average molecular weight is 321 g/mol. The Morgan fingerprint density at radius 2 is 2.05 bits per heavy atom. The first-order valence-corrected chi connectivity index (χ1v) is 6.40. The van der Waals surface area contributed by atoms with E-state index in [2.05, 4.69) is 26.8 Å². The standard InChI is InChI=1S/C12H11ClN7O2/c1-2-9(15-8-6-4-3-5-7-8)19(20(21)22)12-17-10(13)16-11(14)18-12/h2-7,9,14-15H,1H2. The summed E-state index contributed by atoms with van der Waals surface area (Å²) in [6.07, 6.45) is 0.368.